The highest BCUT2D eigenvalue weighted by molar-refractivity contribution is 5.39. The molecular formula is C15H25N3. The van der Waals surface area contributed by atoms with E-state index >= 15 is 0 Å². The lowest BCUT2D eigenvalue weighted by molar-refractivity contribution is 0.278. The lowest BCUT2D eigenvalue weighted by Gasteiger charge is -2.28. The van der Waals surface area contributed by atoms with Crippen molar-refractivity contribution >= 4 is 5.82 Å². The Hall–Kier alpha value is -1.12. The van der Waals surface area contributed by atoms with Crippen LogP contribution in [0.5, 0.6) is 0 Å². The first-order chi connectivity index (χ1) is 8.69. The molecular weight excluding hydrogens is 222 g/mol. The number of aryl methyl sites for hydroxylation is 2. The average Bonchev–Trinajstić information content (AvgIpc) is 2.40. The third-order valence-electron chi connectivity index (χ3n) is 4.18. The largest absolute Gasteiger partial charge is 0.368 e. The summed E-state index contributed by atoms with van der Waals surface area (Å²) in [6, 6.07) is 0. The van der Waals surface area contributed by atoms with Gasteiger partial charge in [-0.3, -0.25) is 4.98 Å². The molecule has 3 heteroatoms. The van der Waals surface area contributed by atoms with E-state index in [0.29, 0.717) is 0 Å². The molecule has 1 N–H and O–H groups in total. The Morgan fingerprint density at radius 2 is 1.83 bits per heavy atom. The van der Waals surface area contributed by atoms with Gasteiger partial charge in [0.05, 0.1) is 11.4 Å². The minimum absolute atomic E-state index is 0.814. The summed E-state index contributed by atoms with van der Waals surface area (Å²) in [7, 11) is 0. The van der Waals surface area contributed by atoms with Gasteiger partial charge in [0.2, 0.25) is 0 Å². The van der Waals surface area contributed by atoms with Crippen LogP contribution in [-0.4, -0.2) is 16.5 Å². The van der Waals surface area contributed by atoms with Crippen LogP contribution in [-0.2, 0) is 0 Å². The van der Waals surface area contributed by atoms with Crippen LogP contribution in [0.1, 0.15) is 50.4 Å². The second-order valence-corrected chi connectivity index (χ2v) is 5.62. The Morgan fingerprint density at radius 3 is 2.50 bits per heavy atom. The van der Waals surface area contributed by atoms with Crippen molar-refractivity contribution in [3.05, 3.63) is 17.6 Å². The zero-order chi connectivity index (χ0) is 13.0. The smallest absolute Gasteiger partial charge is 0.147 e. The van der Waals surface area contributed by atoms with E-state index in [-0.39, 0.29) is 0 Å². The second-order valence-electron chi connectivity index (χ2n) is 5.62. The molecule has 0 unspecified atom stereocenters. The van der Waals surface area contributed by atoms with E-state index in [4.69, 9.17) is 0 Å². The molecule has 3 nitrogen and oxygen atoms in total. The van der Waals surface area contributed by atoms with E-state index in [2.05, 4.69) is 22.2 Å². The Morgan fingerprint density at radius 1 is 1.17 bits per heavy atom. The average molecular weight is 247 g/mol. The van der Waals surface area contributed by atoms with E-state index in [0.717, 1.165) is 35.6 Å². The highest BCUT2D eigenvalue weighted by atomic mass is 15.0. The summed E-state index contributed by atoms with van der Waals surface area (Å²) >= 11 is 0. The number of anilines is 1. The van der Waals surface area contributed by atoms with Gasteiger partial charge in [0.15, 0.2) is 0 Å². The molecule has 1 saturated carbocycles. The van der Waals surface area contributed by atoms with Crippen LogP contribution in [0, 0.1) is 25.7 Å². The maximum atomic E-state index is 4.51. The van der Waals surface area contributed by atoms with Crippen LogP contribution < -0.4 is 5.32 Å². The number of nitrogens with one attached hydrogen (secondary N) is 1. The van der Waals surface area contributed by atoms with Crippen molar-refractivity contribution < 1.29 is 0 Å². The predicted octanol–water partition coefficient (Wildman–Crippen LogP) is 3.72. The third kappa shape index (κ3) is 3.44. The first-order valence-electron chi connectivity index (χ1n) is 7.23. The molecule has 0 radical (unpaired) electrons. The van der Waals surface area contributed by atoms with Crippen molar-refractivity contribution in [1.29, 1.82) is 0 Å². The topological polar surface area (TPSA) is 37.8 Å². The molecule has 1 aliphatic carbocycles. The molecule has 1 aromatic heterocycles. The number of hydrogen-bond acceptors (Lipinski definition) is 3. The van der Waals surface area contributed by atoms with Gasteiger partial charge in [-0.25, -0.2) is 4.98 Å². The van der Waals surface area contributed by atoms with Gasteiger partial charge in [-0.15, -0.1) is 0 Å². The maximum Gasteiger partial charge on any atom is 0.147 e. The monoisotopic (exact) mass is 247 g/mol. The van der Waals surface area contributed by atoms with Crippen LogP contribution >= 0.6 is 0 Å². The van der Waals surface area contributed by atoms with Crippen LogP contribution in [0.15, 0.2) is 6.20 Å². The molecule has 0 amide bonds. The third-order valence-corrected chi connectivity index (χ3v) is 4.18. The SMILES string of the molecule is CCC1CCC(CNc2nc(C)cnc2C)CC1. The molecule has 0 aliphatic heterocycles. The van der Waals surface area contributed by atoms with Gasteiger partial charge >= 0.3 is 0 Å². The first kappa shape index (κ1) is 13.3. The fraction of sp³-hybridized carbons (Fsp3) is 0.733. The standard InChI is InChI=1S/C15H25N3/c1-4-13-5-7-14(8-6-13)10-17-15-12(3)16-9-11(2)18-15/h9,13-14H,4-8,10H2,1-3H3,(H,17,18). The maximum absolute atomic E-state index is 4.51. The van der Waals surface area contributed by atoms with E-state index in [1.165, 1.54) is 32.1 Å². The number of hydrogen-bond donors (Lipinski definition) is 1. The lowest BCUT2D eigenvalue weighted by Crippen LogP contribution is -2.21. The van der Waals surface area contributed by atoms with Crippen LogP contribution in [0.3, 0.4) is 0 Å². The van der Waals surface area contributed by atoms with E-state index < -0.39 is 0 Å². The summed E-state index contributed by atoms with van der Waals surface area (Å²) in [6.07, 6.45) is 8.71. The fourth-order valence-electron chi connectivity index (χ4n) is 2.79. The fourth-order valence-corrected chi connectivity index (χ4v) is 2.79. The van der Waals surface area contributed by atoms with Crippen LogP contribution in [0.25, 0.3) is 0 Å². The van der Waals surface area contributed by atoms with Gasteiger partial charge in [0, 0.05) is 12.7 Å². The molecule has 1 aromatic rings. The van der Waals surface area contributed by atoms with Gasteiger partial charge in [0.25, 0.3) is 0 Å². The minimum atomic E-state index is 0.814. The van der Waals surface area contributed by atoms with Gasteiger partial charge in [-0.2, -0.15) is 0 Å². The van der Waals surface area contributed by atoms with Crippen molar-refractivity contribution in [1.82, 2.24) is 9.97 Å². The molecule has 0 saturated heterocycles. The summed E-state index contributed by atoms with van der Waals surface area (Å²) in [4.78, 5) is 8.86. The van der Waals surface area contributed by atoms with Gasteiger partial charge in [-0.1, -0.05) is 26.2 Å². The molecule has 0 spiro atoms. The normalized spacial score (nSPS) is 23.9. The highest BCUT2D eigenvalue weighted by Gasteiger charge is 2.19. The molecule has 1 heterocycles. The van der Waals surface area contributed by atoms with E-state index in [9.17, 15) is 0 Å². The predicted molar refractivity (Wildman–Crippen MR) is 75.7 cm³/mol. The number of nitrogens with zero attached hydrogens (tertiary/aromatic N) is 2. The minimum Gasteiger partial charge on any atom is -0.368 e. The first-order valence-corrected chi connectivity index (χ1v) is 7.23. The second kappa shape index (κ2) is 6.17. The number of rotatable bonds is 4. The van der Waals surface area contributed by atoms with E-state index in [1.54, 1.807) is 0 Å². The van der Waals surface area contributed by atoms with Crippen molar-refractivity contribution in [2.24, 2.45) is 11.8 Å². The Balaban J connectivity index is 1.83. The highest BCUT2D eigenvalue weighted by Crippen LogP contribution is 2.30. The van der Waals surface area contributed by atoms with Gasteiger partial charge in [0.1, 0.15) is 5.82 Å². The van der Waals surface area contributed by atoms with Crippen LogP contribution in [0.2, 0.25) is 0 Å². The van der Waals surface area contributed by atoms with Crippen molar-refractivity contribution in [3.63, 3.8) is 0 Å². The molecule has 0 atom stereocenters. The number of aromatic nitrogens is 2. The lowest BCUT2D eigenvalue weighted by atomic mass is 9.81. The molecule has 1 fully saturated rings. The zero-order valence-electron chi connectivity index (χ0n) is 11.9. The zero-order valence-corrected chi connectivity index (χ0v) is 11.9. The quantitative estimate of drug-likeness (QED) is 0.881. The molecule has 2 rings (SSSR count). The van der Waals surface area contributed by atoms with Crippen molar-refractivity contribution in [3.8, 4) is 0 Å². The molecule has 0 bridgehead atoms. The van der Waals surface area contributed by atoms with Crippen molar-refractivity contribution in [2.75, 3.05) is 11.9 Å². The summed E-state index contributed by atoms with van der Waals surface area (Å²) in [6.45, 7) is 7.37. The summed E-state index contributed by atoms with van der Waals surface area (Å²) in [5, 5.41) is 3.48. The Labute approximate surface area is 110 Å². The Bertz CT molecular complexity index is 381. The molecule has 100 valence electrons. The van der Waals surface area contributed by atoms with Crippen LogP contribution in [0.4, 0.5) is 5.82 Å². The molecule has 0 aromatic carbocycles. The summed E-state index contributed by atoms with van der Waals surface area (Å²) in [5.41, 5.74) is 1.99. The summed E-state index contributed by atoms with van der Waals surface area (Å²) < 4.78 is 0. The van der Waals surface area contributed by atoms with Crippen molar-refractivity contribution in [2.45, 2.75) is 52.9 Å². The Kier molecular flexibility index (Phi) is 4.56. The van der Waals surface area contributed by atoms with Gasteiger partial charge < -0.3 is 5.32 Å². The summed E-state index contributed by atoms with van der Waals surface area (Å²) in [5.74, 6) is 2.75. The van der Waals surface area contributed by atoms with Gasteiger partial charge in [-0.05, 0) is 38.5 Å². The van der Waals surface area contributed by atoms with E-state index in [1.807, 2.05) is 20.0 Å². The molecule has 18 heavy (non-hydrogen) atoms. The molecule has 1 aliphatic rings.